The molecule has 11 aromatic carbocycles. The molecule has 0 atom stereocenters. The standard InChI is InChI=1S/C66H46N4/c1-5-17-51(18-6-1)67(57-41-43-65-61(45-57)59-25-13-15-27-63(59)69(65)53-21-9-3-10-22-53)55-37-33-49(34-38-55)47-29-31-48(32-30-47)50-35-39-56(40-36-50)68(52-19-7-2-8-20-52)58-42-44-66-62(46-58)60-26-14-16-28-64(60)70(66)54-23-11-4-12-24-54/h1-46H/i33D,34D,37D,38D. The van der Waals surface area contributed by atoms with Crippen LogP contribution in [0.1, 0.15) is 5.48 Å². The second-order valence-corrected chi connectivity index (χ2v) is 17.5. The molecule has 2 aromatic heterocycles. The number of rotatable bonds is 10. The van der Waals surface area contributed by atoms with Crippen LogP contribution in [0.15, 0.2) is 279 Å². The van der Waals surface area contributed by atoms with Gasteiger partial charge in [-0.05, 0) is 144 Å². The number of anilines is 6. The van der Waals surface area contributed by atoms with Crippen LogP contribution in [0.5, 0.6) is 0 Å². The summed E-state index contributed by atoms with van der Waals surface area (Å²) >= 11 is 0. The quantitative estimate of drug-likeness (QED) is 0.136. The number of benzene rings is 11. The topological polar surface area (TPSA) is 16.3 Å². The maximum atomic E-state index is 9.59. The number of para-hydroxylation sites is 6. The van der Waals surface area contributed by atoms with Crippen LogP contribution in [0.2, 0.25) is 0 Å². The first-order valence-electron chi connectivity index (χ1n) is 25.6. The number of aromatic nitrogens is 2. The van der Waals surface area contributed by atoms with Crippen LogP contribution in [-0.4, -0.2) is 9.13 Å². The Morgan fingerprint density at radius 1 is 0.243 bits per heavy atom. The van der Waals surface area contributed by atoms with Crippen molar-refractivity contribution in [2.45, 2.75) is 0 Å². The molecule has 330 valence electrons. The minimum Gasteiger partial charge on any atom is -0.310 e. The highest BCUT2D eigenvalue weighted by Gasteiger charge is 2.20. The first-order chi connectivity index (χ1) is 36.4. The summed E-state index contributed by atoms with van der Waals surface area (Å²) in [4.78, 5) is 4.14. The van der Waals surface area contributed by atoms with Crippen LogP contribution in [-0.2, 0) is 0 Å². The SMILES string of the molecule is [2H]c1c([2H])c(N(c2ccccc2)c2ccc3c(c2)c2ccccc2n3-c2ccccc2)c([2H])c([2H])c1-c1ccc(-c2ccc(N(c3ccccc3)c3ccc4c(c3)c3ccccc3n4-c3ccccc3)cc2)cc1. The lowest BCUT2D eigenvalue weighted by Crippen LogP contribution is -2.09. The van der Waals surface area contributed by atoms with Crippen molar-refractivity contribution in [2.75, 3.05) is 9.80 Å². The van der Waals surface area contributed by atoms with E-state index in [9.17, 15) is 5.48 Å². The van der Waals surface area contributed by atoms with Gasteiger partial charge in [0.25, 0.3) is 0 Å². The average molecular weight is 899 g/mol. The van der Waals surface area contributed by atoms with Crippen molar-refractivity contribution >= 4 is 77.7 Å². The normalized spacial score (nSPS) is 12.2. The summed E-state index contributed by atoms with van der Waals surface area (Å²) in [6.45, 7) is 0. The fraction of sp³-hybridized carbons (Fsp3) is 0. The predicted molar refractivity (Wildman–Crippen MR) is 295 cm³/mol. The zero-order chi connectivity index (χ0) is 49.9. The number of nitrogens with zero attached hydrogens (tertiary/aromatic N) is 4. The van der Waals surface area contributed by atoms with E-state index in [-0.39, 0.29) is 35.4 Å². The van der Waals surface area contributed by atoms with Gasteiger partial charge in [0.2, 0.25) is 0 Å². The first-order valence-corrected chi connectivity index (χ1v) is 23.6. The summed E-state index contributed by atoms with van der Waals surface area (Å²) in [5.41, 5.74) is 14.1. The molecule has 4 nitrogen and oxygen atoms in total. The smallest absolute Gasteiger partial charge is 0.0645 e. The third kappa shape index (κ3) is 7.18. The van der Waals surface area contributed by atoms with E-state index in [1.807, 2.05) is 108 Å². The molecule has 0 N–H and O–H groups in total. The van der Waals surface area contributed by atoms with Crippen LogP contribution in [0.4, 0.5) is 34.1 Å². The Labute approximate surface area is 413 Å². The van der Waals surface area contributed by atoms with Gasteiger partial charge in [0.1, 0.15) is 0 Å². The van der Waals surface area contributed by atoms with Crippen molar-refractivity contribution in [2.24, 2.45) is 0 Å². The zero-order valence-corrected chi connectivity index (χ0v) is 38.0. The molecule has 0 aliphatic rings. The lowest BCUT2D eigenvalue weighted by Gasteiger charge is -2.26. The molecule has 0 radical (unpaired) electrons. The van der Waals surface area contributed by atoms with Crippen molar-refractivity contribution < 1.29 is 5.48 Å². The lowest BCUT2D eigenvalue weighted by molar-refractivity contribution is 1.18. The summed E-state index contributed by atoms with van der Waals surface area (Å²) in [5.74, 6) is 0. The van der Waals surface area contributed by atoms with Gasteiger partial charge >= 0.3 is 0 Å². The molecule has 0 amide bonds. The molecule has 13 rings (SSSR count). The Bertz CT molecular complexity index is 4190. The minimum atomic E-state index is -0.125. The fourth-order valence-corrected chi connectivity index (χ4v) is 10.1. The number of hydrogen-bond acceptors (Lipinski definition) is 2. The molecule has 0 saturated heterocycles. The monoisotopic (exact) mass is 898 g/mol. The second kappa shape index (κ2) is 17.4. The molecule has 4 heteroatoms. The molecule has 70 heavy (non-hydrogen) atoms. The Morgan fingerprint density at radius 2 is 0.571 bits per heavy atom. The van der Waals surface area contributed by atoms with Crippen molar-refractivity contribution in [3.8, 4) is 33.6 Å². The molecule has 0 saturated carbocycles. The molecule has 0 spiro atoms. The van der Waals surface area contributed by atoms with Gasteiger partial charge in [0, 0.05) is 67.0 Å². The van der Waals surface area contributed by atoms with Crippen LogP contribution in [0.3, 0.4) is 0 Å². The van der Waals surface area contributed by atoms with E-state index in [1.54, 1.807) is 0 Å². The molecule has 0 aliphatic carbocycles. The highest BCUT2D eigenvalue weighted by molar-refractivity contribution is 6.12. The summed E-state index contributed by atoms with van der Waals surface area (Å²) < 4.78 is 42.7. The van der Waals surface area contributed by atoms with Gasteiger partial charge in [-0.1, -0.05) is 158 Å². The molecule has 0 unspecified atom stereocenters. The van der Waals surface area contributed by atoms with E-state index in [1.165, 1.54) is 10.8 Å². The molecule has 13 aromatic rings. The summed E-state index contributed by atoms with van der Waals surface area (Å²) in [5, 5.41) is 4.45. The highest BCUT2D eigenvalue weighted by atomic mass is 15.1. The van der Waals surface area contributed by atoms with Crippen molar-refractivity contribution in [3.05, 3.63) is 279 Å². The van der Waals surface area contributed by atoms with E-state index in [0.29, 0.717) is 5.56 Å². The second-order valence-electron chi connectivity index (χ2n) is 17.5. The van der Waals surface area contributed by atoms with Crippen LogP contribution >= 0.6 is 0 Å². The number of fused-ring (bicyclic) bond motifs is 6. The van der Waals surface area contributed by atoms with E-state index < -0.39 is 0 Å². The summed E-state index contributed by atoms with van der Waals surface area (Å²) in [6.07, 6.45) is 0. The van der Waals surface area contributed by atoms with Gasteiger partial charge in [-0.25, -0.2) is 0 Å². The Morgan fingerprint density at radius 3 is 1.03 bits per heavy atom. The van der Waals surface area contributed by atoms with Gasteiger partial charge in [-0.3, -0.25) is 0 Å². The third-order valence-electron chi connectivity index (χ3n) is 13.4. The molecule has 0 bridgehead atoms. The van der Waals surface area contributed by atoms with Gasteiger partial charge in [-0.15, -0.1) is 0 Å². The maximum absolute atomic E-state index is 9.59. The third-order valence-corrected chi connectivity index (χ3v) is 13.4. The Balaban J connectivity index is 0.844. The van der Waals surface area contributed by atoms with Gasteiger partial charge < -0.3 is 18.9 Å². The maximum Gasteiger partial charge on any atom is 0.0645 e. The highest BCUT2D eigenvalue weighted by Crippen LogP contribution is 2.42. The van der Waals surface area contributed by atoms with Crippen LogP contribution in [0, 0.1) is 0 Å². The summed E-state index contributed by atoms with van der Waals surface area (Å²) in [7, 11) is 0. The molecular weight excluding hydrogens is 849 g/mol. The number of hydrogen-bond donors (Lipinski definition) is 0. The zero-order valence-electron chi connectivity index (χ0n) is 42.0. The molecular formula is C66H46N4. The predicted octanol–water partition coefficient (Wildman–Crippen LogP) is 18.2. The fourth-order valence-electron chi connectivity index (χ4n) is 10.1. The van der Waals surface area contributed by atoms with E-state index in [2.05, 4.69) is 166 Å². The molecule has 2 heterocycles. The van der Waals surface area contributed by atoms with E-state index >= 15 is 0 Å². The first kappa shape index (κ1) is 36.7. The van der Waals surface area contributed by atoms with Crippen LogP contribution in [0.25, 0.3) is 77.2 Å². The molecule has 0 aliphatic heterocycles. The van der Waals surface area contributed by atoms with Crippen molar-refractivity contribution in [3.63, 3.8) is 0 Å². The van der Waals surface area contributed by atoms with Crippen molar-refractivity contribution in [1.82, 2.24) is 9.13 Å². The Hall–Kier alpha value is -9.38. The largest absolute Gasteiger partial charge is 0.310 e. The van der Waals surface area contributed by atoms with E-state index in [4.69, 9.17) is 0 Å². The van der Waals surface area contributed by atoms with Gasteiger partial charge in [-0.2, -0.15) is 0 Å². The lowest BCUT2D eigenvalue weighted by atomic mass is 9.99. The van der Waals surface area contributed by atoms with E-state index in [0.717, 1.165) is 83.8 Å². The van der Waals surface area contributed by atoms with Gasteiger partial charge in [0.15, 0.2) is 0 Å². The minimum absolute atomic E-state index is 0.107. The Kier molecular flexibility index (Phi) is 9.11. The van der Waals surface area contributed by atoms with Crippen molar-refractivity contribution in [1.29, 1.82) is 0 Å². The van der Waals surface area contributed by atoms with Gasteiger partial charge in [0.05, 0.1) is 27.5 Å². The van der Waals surface area contributed by atoms with Crippen LogP contribution < -0.4 is 9.80 Å². The summed E-state index contributed by atoms with van der Waals surface area (Å²) in [6, 6.07) is 86.6. The average Bonchev–Trinajstić information content (AvgIpc) is 3.97. The molecule has 0 fully saturated rings.